The molecular formula is C19H21N2O4P. The molecule has 3 rings (SSSR count). The van der Waals surface area contributed by atoms with Gasteiger partial charge in [-0.1, -0.05) is 24.3 Å². The van der Waals surface area contributed by atoms with Gasteiger partial charge in [-0.3, -0.25) is 9.36 Å². The van der Waals surface area contributed by atoms with Crippen molar-refractivity contribution in [2.24, 2.45) is 0 Å². The number of nitrogens with zero attached hydrogens (tertiary/aromatic N) is 1. The van der Waals surface area contributed by atoms with Crippen LogP contribution in [-0.4, -0.2) is 23.2 Å². The largest absolute Gasteiger partial charge is 0.335 e. The number of aromatic nitrogens is 2. The maximum atomic E-state index is 12.7. The molecule has 2 heterocycles. The minimum absolute atomic E-state index is 0.180. The number of nitrogens with one attached hydrogen (secondary N) is 1. The minimum Gasteiger partial charge on any atom is -0.309 e. The lowest BCUT2D eigenvalue weighted by atomic mass is 10.0. The number of hydrogen-bond acceptors (Lipinski definition) is 5. The average molecular weight is 372 g/mol. The van der Waals surface area contributed by atoms with Crippen LogP contribution in [0.5, 0.6) is 0 Å². The van der Waals surface area contributed by atoms with Gasteiger partial charge in [-0.15, -0.1) is 0 Å². The third-order valence-corrected chi connectivity index (χ3v) is 5.98. The van der Waals surface area contributed by atoms with E-state index in [9.17, 15) is 9.36 Å². The topological polar surface area (TPSA) is 81.3 Å². The lowest BCUT2D eigenvalue weighted by molar-refractivity contribution is 0.219. The SMILES string of the molecule is CCOP(=O)(Cc1ccc(-c2ccnc3[nH]c(=O)ccc23)cc1)OCC. The summed E-state index contributed by atoms with van der Waals surface area (Å²) in [5, 5.41) is 0.870. The van der Waals surface area contributed by atoms with Gasteiger partial charge in [-0.25, -0.2) is 4.98 Å². The normalized spacial score (nSPS) is 11.8. The van der Waals surface area contributed by atoms with E-state index in [1.165, 1.54) is 6.07 Å². The highest BCUT2D eigenvalue weighted by atomic mass is 31.2. The van der Waals surface area contributed by atoms with Gasteiger partial charge in [0.2, 0.25) is 5.56 Å². The van der Waals surface area contributed by atoms with Gasteiger partial charge in [0.05, 0.1) is 19.4 Å². The Bertz CT molecular complexity index is 988. The third kappa shape index (κ3) is 4.10. The van der Waals surface area contributed by atoms with E-state index in [0.29, 0.717) is 18.9 Å². The molecule has 0 saturated heterocycles. The molecule has 0 spiro atoms. The van der Waals surface area contributed by atoms with Gasteiger partial charge in [0.25, 0.3) is 0 Å². The van der Waals surface area contributed by atoms with Crippen LogP contribution in [0, 0.1) is 0 Å². The highest BCUT2D eigenvalue weighted by Crippen LogP contribution is 2.51. The summed E-state index contributed by atoms with van der Waals surface area (Å²) in [7, 11) is -3.12. The van der Waals surface area contributed by atoms with E-state index >= 15 is 0 Å². The predicted octanol–water partition coefficient (Wildman–Crippen LogP) is 4.36. The molecule has 0 aliphatic carbocycles. The first kappa shape index (κ1) is 18.5. The summed E-state index contributed by atoms with van der Waals surface area (Å²) in [6.07, 6.45) is 1.90. The van der Waals surface area contributed by atoms with Crippen molar-refractivity contribution in [2.45, 2.75) is 20.0 Å². The molecule has 0 unspecified atom stereocenters. The first-order chi connectivity index (χ1) is 12.5. The molecule has 7 heteroatoms. The Morgan fingerprint density at radius 3 is 2.35 bits per heavy atom. The van der Waals surface area contributed by atoms with Crippen LogP contribution in [0.15, 0.2) is 53.5 Å². The quantitative estimate of drug-likeness (QED) is 0.624. The zero-order valence-electron chi connectivity index (χ0n) is 14.8. The predicted molar refractivity (Wildman–Crippen MR) is 102 cm³/mol. The molecule has 136 valence electrons. The Hall–Kier alpha value is -2.27. The molecule has 0 bridgehead atoms. The Morgan fingerprint density at radius 2 is 1.69 bits per heavy atom. The molecule has 26 heavy (non-hydrogen) atoms. The summed E-state index contributed by atoms with van der Waals surface area (Å²) in [6, 6.07) is 12.9. The van der Waals surface area contributed by atoms with Gasteiger partial charge in [-0.2, -0.15) is 0 Å². The lowest BCUT2D eigenvalue weighted by Gasteiger charge is -2.17. The van der Waals surface area contributed by atoms with E-state index in [-0.39, 0.29) is 11.7 Å². The summed E-state index contributed by atoms with van der Waals surface area (Å²) < 4.78 is 23.4. The number of hydrogen-bond donors (Lipinski definition) is 1. The second kappa shape index (κ2) is 7.96. The van der Waals surface area contributed by atoms with Crippen LogP contribution in [-0.2, 0) is 19.8 Å². The molecule has 0 aliphatic heterocycles. The Morgan fingerprint density at radius 1 is 1.00 bits per heavy atom. The van der Waals surface area contributed by atoms with Crippen LogP contribution < -0.4 is 5.56 Å². The second-order valence-corrected chi connectivity index (χ2v) is 7.80. The van der Waals surface area contributed by atoms with Gasteiger partial charge in [0.1, 0.15) is 5.65 Å². The number of pyridine rings is 2. The second-order valence-electron chi connectivity index (χ2n) is 5.74. The van der Waals surface area contributed by atoms with Crippen LogP contribution in [0.3, 0.4) is 0 Å². The number of benzene rings is 1. The number of aromatic amines is 1. The smallest absolute Gasteiger partial charge is 0.309 e. The molecule has 0 fully saturated rings. The summed E-state index contributed by atoms with van der Waals surface area (Å²) in [5.41, 5.74) is 3.20. The molecule has 2 aromatic heterocycles. The maximum absolute atomic E-state index is 12.7. The number of H-pyrrole nitrogens is 1. The number of rotatable bonds is 7. The highest BCUT2D eigenvalue weighted by molar-refractivity contribution is 7.53. The van der Waals surface area contributed by atoms with Gasteiger partial charge in [0.15, 0.2) is 0 Å². The van der Waals surface area contributed by atoms with Crippen molar-refractivity contribution in [3.63, 3.8) is 0 Å². The zero-order chi connectivity index (χ0) is 18.6. The van der Waals surface area contributed by atoms with Crippen molar-refractivity contribution >= 4 is 18.6 Å². The fraction of sp³-hybridized carbons (Fsp3) is 0.263. The summed E-state index contributed by atoms with van der Waals surface area (Å²) in [5.74, 6) is 0. The first-order valence-corrected chi connectivity index (χ1v) is 10.2. The summed E-state index contributed by atoms with van der Waals surface area (Å²) in [6.45, 7) is 4.29. The minimum atomic E-state index is -3.12. The van der Waals surface area contributed by atoms with E-state index in [1.807, 2.05) is 30.3 Å². The highest BCUT2D eigenvalue weighted by Gasteiger charge is 2.23. The van der Waals surface area contributed by atoms with Crippen molar-refractivity contribution in [1.29, 1.82) is 0 Å². The third-order valence-electron chi connectivity index (χ3n) is 3.93. The fourth-order valence-electron chi connectivity index (χ4n) is 2.85. The van der Waals surface area contributed by atoms with Crippen LogP contribution in [0.25, 0.3) is 22.2 Å². The molecule has 0 amide bonds. The maximum Gasteiger partial charge on any atom is 0.335 e. The van der Waals surface area contributed by atoms with E-state index in [0.717, 1.165) is 22.1 Å². The Labute approximate surface area is 151 Å². The lowest BCUT2D eigenvalue weighted by Crippen LogP contribution is -2.03. The molecule has 0 atom stereocenters. The van der Waals surface area contributed by atoms with Gasteiger partial charge in [0, 0.05) is 17.6 Å². The fourth-order valence-corrected chi connectivity index (χ4v) is 4.55. The zero-order valence-corrected chi connectivity index (χ0v) is 15.7. The van der Waals surface area contributed by atoms with Crippen LogP contribution in [0.2, 0.25) is 0 Å². The van der Waals surface area contributed by atoms with Gasteiger partial charge < -0.3 is 14.0 Å². The molecule has 3 aromatic rings. The van der Waals surface area contributed by atoms with E-state index in [2.05, 4.69) is 9.97 Å². The molecule has 1 aromatic carbocycles. The standard InChI is InChI=1S/C19H21N2O4P/c1-3-24-26(23,25-4-2)13-14-5-7-15(8-6-14)16-11-12-20-19-17(16)9-10-18(22)21-19/h5-12H,3-4,13H2,1-2H3,(H,20,21,22). The monoisotopic (exact) mass is 372 g/mol. The van der Waals surface area contributed by atoms with Gasteiger partial charge >= 0.3 is 7.60 Å². The summed E-state index contributed by atoms with van der Waals surface area (Å²) >= 11 is 0. The molecule has 0 saturated carbocycles. The molecule has 0 aliphatic rings. The van der Waals surface area contributed by atoms with Crippen molar-refractivity contribution in [1.82, 2.24) is 9.97 Å². The van der Waals surface area contributed by atoms with Crippen LogP contribution in [0.1, 0.15) is 19.4 Å². The molecular weight excluding hydrogens is 351 g/mol. The molecule has 0 radical (unpaired) electrons. The van der Waals surface area contributed by atoms with Crippen LogP contribution >= 0.6 is 7.60 Å². The van der Waals surface area contributed by atoms with Crippen molar-refractivity contribution in [3.05, 3.63) is 64.6 Å². The number of fused-ring (bicyclic) bond motifs is 1. The van der Waals surface area contributed by atoms with Crippen molar-refractivity contribution in [3.8, 4) is 11.1 Å². The Balaban J connectivity index is 1.91. The van der Waals surface area contributed by atoms with Crippen molar-refractivity contribution in [2.75, 3.05) is 13.2 Å². The van der Waals surface area contributed by atoms with Crippen LogP contribution in [0.4, 0.5) is 0 Å². The van der Waals surface area contributed by atoms with E-state index in [1.54, 1.807) is 26.1 Å². The van der Waals surface area contributed by atoms with Crippen molar-refractivity contribution < 1.29 is 13.6 Å². The van der Waals surface area contributed by atoms with E-state index in [4.69, 9.17) is 9.05 Å². The summed E-state index contributed by atoms with van der Waals surface area (Å²) in [4.78, 5) is 18.4. The Kier molecular flexibility index (Phi) is 5.67. The van der Waals surface area contributed by atoms with Gasteiger partial charge in [-0.05, 0) is 42.7 Å². The first-order valence-electron chi connectivity index (χ1n) is 8.50. The van der Waals surface area contributed by atoms with E-state index < -0.39 is 7.60 Å². The molecule has 6 nitrogen and oxygen atoms in total. The molecule has 1 N–H and O–H groups in total. The average Bonchev–Trinajstić information content (AvgIpc) is 2.62.